The third kappa shape index (κ3) is 5.89. The van der Waals surface area contributed by atoms with E-state index in [0.717, 1.165) is 34.6 Å². The second-order valence-electron chi connectivity index (χ2n) is 13.5. The lowest BCUT2D eigenvalue weighted by molar-refractivity contribution is 0.819. The molecule has 8 aromatic rings. The summed E-state index contributed by atoms with van der Waals surface area (Å²) in [6, 6.07) is 65.3. The zero-order chi connectivity index (χ0) is 34.9. The molecule has 1 aliphatic rings. The molecule has 0 aliphatic carbocycles. The molecule has 0 saturated carbocycles. The lowest BCUT2D eigenvalue weighted by Crippen LogP contribution is -2.13. The van der Waals surface area contributed by atoms with Crippen molar-refractivity contribution in [3.63, 3.8) is 0 Å². The molecule has 0 amide bonds. The normalized spacial score (nSPS) is 14.5. The third-order valence-electron chi connectivity index (χ3n) is 10.3. The van der Waals surface area contributed by atoms with Crippen LogP contribution in [0.1, 0.15) is 30.0 Å². The number of fused-ring (bicyclic) bond motifs is 3. The highest BCUT2D eigenvalue weighted by molar-refractivity contribution is 6.10. The molecule has 9 rings (SSSR count). The second-order valence-corrected chi connectivity index (χ2v) is 13.5. The molecule has 2 heterocycles. The lowest BCUT2D eigenvalue weighted by atomic mass is 9.90. The largest absolute Gasteiger partial charge is 0.309 e. The molecule has 2 nitrogen and oxygen atoms in total. The summed E-state index contributed by atoms with van der Waals surface area (Å²) in [5.74, 6) is 0.187. The van der Waals surface area contributed by atoms with Gasteiger partial charge in [-0.2, -0.15) is 0 Å². The van der Waals surface area contributed by atoms with Gasteiger partial charge in [-0.15, -0.1) is 0 Å². The molecule has 1 atom stereocenters. The van der Waals surface area contributed by atoms with Crippen LogP contribution in [0.25, 0.3) is 61.0 Å². The average molecular weight is 667 g/mol. The number of allylic oxidation sites excluding steroid dienone is 3. The Labute approximate surface area is 305 Å². The summed E-state index contributed by atoms with van der Waals surface area (Å²) in [4.78, 5) is 5.42. The molecule has 0 spiro atoms. The zero-order valence-corrected chi connectivity index (χ0v) is 29.2. The van der Waals surface area contributed by atoms with Crippen molar-refractivity contribution < 1.29 is 0 Å². The maximum atomic E-state index is 5.42. The summed E-state index contributed by atoms with van der Waals surface area (Å²) >= 11 is 0. The van der Waals surface area contributed by atoms with Crippen LogP contribution in [0.2, 0.25) is 0 Å². The second kappa shape index (κ2) is 13.7. The Kier molecular flexibility index (Phi) is 8.27. The minimum atomic E-state index is 0.187. The molecule has 0 bridgehead atoms. The van der Waals surface area contributed by atoms with Crippen LogP contribution in [0.15, 0.2) is 199 Å². The summed E-state index contributed by atoms with van der Waals surface area (Å²) in [6.45, 7) is 2.25. The van der Waals surface area contributed by atoms with Crippen LogP contribution in [0.5, 0.6) is 0 Å². The topological polar surface area (TPSA) is 17.3 Å². The molecule has 52 heavy (non-hydrogen) atoms. The molecule has 7 aromatic carbocycles. The van der Waals surface area contributed by atoms with E-state index in [4.69, 9.17) is 4.99 Å². The molecule has 248 valence electrons. The van der Waals surface area contributed by atoms with Crippen molar-refractivity contribution in [1.29, 1.82) is 0 Å². The van der Waals surface area contributed by atoms with Crippen LogP contribution < -0.4 is 0 Å². The number of aromatic nitrogens is 1. The first-order valence-corrected chi connectivity index (χ1v) is 18.2. The van der Waals surface area contributed by atoms with E-state index in [2.05, 4.69) is 206 Å². The van der Waals surface area contributed by atoms with Crippen molar-refractivity contribution >= 4 is 38.8 Å². The Balaban J connectivity index is 1.07. The van der Waals surface area contributed by atoms with Gasteiger partial charge >= 0.3 is 0 Å². The predicted molar refractivity (Wildman–Crippen MR) is 221 cm³/mol. The average Bonchev–Trinajstić information content (AvgIpc) is 3.43. The first kappa shape index (κ1) is 31.5. The zero-order valence-electron chi connectivity index (χ0n) is 29.2. The quantitative estimate of drug-likeness (QED) is 0.161. The van der Waals surface area contributed by atoms with Crippen LogP contribution in [-0.4, -0.2) is 10.3 Å². The van der Waals surface area contributed by atoms with Crippen LogP contribution in [0.4, 0.5) is 0 Å². The SMILES string of the molecule is CCC1C=C(c2ccc(-c3ccccc3)cc2)C=C(c2ccc(-c3ccc(-n4c5ccccc5c5ccccc54)cc3)cc2)N=C1c1ccccc1. The van der Waals surface area contributed by atoms with Gasteiger partial charge in [0, 0.05) is 27.9 Å². The van der Waals surface area contributed by atoms with Crippen molar-refractivity contribution in [2.75, 3.05) is 0 Å². The summed E-state index contributed by atoms with van der Waals surface area (Å²) in [6.07, 6.45) is 5.64. The van der Waals surface area contributed by atoms with Crippen molar-refractivity contribution in [2.45, 2.75) is 13.3 Å². The molecular formula is C50H38N2. The van der Waals surface area contributed by atoms with Crippen LogP contribution >= 0.6 is 0 Å². The minimum absolute atomic E-state index is 0.187. The number of aliphatic imine (C=N–C) groups is 1. The maximum Gasteiger partial charge on any atom is 0.0711 e. The van der Waals surface area contributed by atoms with Gasteiger partial charge in [-0.1, -0.05) is 171 Å². The highest BCUT2D eigenvalue weighted by Gasteiger charge is 2.20. The van der Waals surface area contributed by atoms with Gasteiger partial charge in [-0.05, 0) is 75.7 Å². The molecular weight excluding hydrogens is 629 g/mol. The monoisotopic (exact) mass is 666 g/mol. The van der Waals surface area contributed by atoms with Crippen LogP contribution in [0.3, 0.4) is 0 Å². The van der Waals surface area contributed by atoms with Gasteiger partial charge in [0.2, 0.25) is 0 Å². The number of benzene rings is 7. The number of nitrogens with zero attached hydrogens (tertiary/aromatic N) is 2. The van der Waals surface area contributed by atoms with Gasteiger partial charge in [0.15, 0.2) is 0 Å². The van der Waals surface area contributed by atoms with E-state index in [9.17, 15) is 0 Å². The molecule has 1 aromatic heterocycles. The fourth-order valence-corrected chi connectivity index (χ4v) is 7.59. The van der Waals surface area contributed by atoms with Gasteiger partial charge in [0.1, 0.15) is 0 Å². The standard InChI is InChI=1S/C50H38N2/c1-2-35-33-43(40-23-21-37(22-24-40)36-13-5-3-6-14-36)34-47(51-50(35)42-15-7-4-8-16-42)41-27-25-38(26-28-41)39-29-31-44(32-30-39)52-48-19-11-9-17-45(48)46-18-10-12-20-49(46)52/h3-35H,2H2,1H3. The maximum absolute atomic E-state index is 5.42. The Morgan fingerprint density at radius 2 is 0.885 bits per heavy atom. The molecule has 0 radical (unpaired) electrons. The molecule has 0 saturated heterocycles. The molecule has 0 fully saturated rings. The summed E-state index contributed by atoms with van der Waals surface area (Å²) in [7, 11) is 0. The fourth-order valence-electron chi connectivity index (χ4n) is 7.59. The van der Waals surface area contributed by atoms with E-state index in [1.165, 1.54) is 55.2 Å². The van der Waals surface area contributed by atoms with Crippen molar-refractivity contribution in [3.05, 3.63) is 211 Å². The van der Waals surface area contributed by atoms with E-state index in [1.54, 1.807) is 0 Å². The summed E-state index contributed by atoms with van der Waals surface area (Å²) < 4.78 is 2.36. The summed E-state index contributed by atoms with van der Waals surface area (Å²) in [5, 5.41) is 2.55. The number of hydrogen-bond donors (Lipinski definition) is 0. The first-order valence-electron chi connectivity index (χ1n) is 18.2. The van der Waals surface area contributed by atoms with E-state index < -0.39 is 0 Å². The fraction of sp³-hybridized carbons (Fsp3) is 0.0600. The number of hydrogen-bond acceptors (Lipinski definition) is 1. The van der Waals surface area contributed by atoms with E-state index >= 15 is 0 Å². The van der Waals surface area contributed by atoms with Crippen LogP contribution in [-0.2, 0) is 0 Å². The van der Waals surface area contributed by atoms with Gasteiger partial charge in [-0.3, -0.25) is 4.99 Å². The Hall–Kier alpha value is -6.51. The Morgan fingerprint density at radius 1 is 0.442 bits per heavy atom. The molecule has 2 heteroatoms. The summed E-state index contributed by atoms with van der Waals surface area (Å²) in [5.41, 5.74) is 15.1. The Morgan fingerprint density at radius 3 is 1.44 bits per heavy atom. The highest BCUT2D eigenvalue weighted by Crippen LogP contribution is 2.35. The minimum Gasteiger partial charge on any atom is -0.309 e. The van der Waals surface area contributed by atoms with E-state index in [-0.39, 0.29) is 5.92 Å². The van der Waals surface area contributed by atoms with Gasteiger partial charge in [0.25, 0.3) is 0 Å². The molecule has 0 N–H and O–H groups in total. The smallest absolute Gasteiger partial charge is 0.0711 e. The number of para-hydroxylation sites is 2. The van der Waals surface area contributed by atoms with Crippen LogP contribution in [0, 0.1) is 5.92 Å². The molecule has 1 unspecified atom stereocenters. The Bertz CT molecular complexity index is 2550. The number of rotatable bonds is 7. The predicted octanol–water partition coefficient (Wildman–Crippen LogP) is 13.1. The first-order chi connectivity index (χ1) is 25.7. The van der Waals surface area contributed by atoms with E-state index in [0.29, 0.717) is 0 Å². The third-order valence-corrected chi connectivity index (χ3v) is 10.3. The van der Waals surface area contributed by atoms with Gasteiger partial charge in [-0.25, -0.2) is 0 Å². The van der Waals surface area contributed by atoms with Gasteiger partial charge in [0.05, 0.1) is 22.4 Å². The van der Waals surface area contributed by atoms with Crippen molar-refractivity contribution in [1.82, 2.24) is 4.57 Å². The van der Waals surface area contributed by atoms with Crippen molar-refractivity contribution in [2.24, 2.45) is 10.9 Å². The highest BCUT2D eigenvalue weighted by atomic mass is 15.0. The van der Waals surface area contributed by atoms with Crippen molar-refractivity contribution in [3.8, 4) is 27.9 Å². The van der Waals surface area contributed by atoms with E-state index in [1.807, 2.05) is 0 Å². The van der Waals surface area contributed by atoms with Gasteiger partial charge < -0.3 is 4.57 Å². The molecule has 1 aliphatic heterocycles. The lowest BCUT2D eigenvalue weighted by Gasteiger charge is -2.15.